The lowest BCUT2D eigenvalue weighted by atomic mass is 9.90. The Morgan fingerprint density at radius 2 is 1.52 bits per heavy atom. The summed E-state index contributed by atoms with van der Waals surface area (Å²) in [6.07, 6.45) is 0.464. The molecule has 0 aliphatic heterocycles. The molecule has 4 rings (SSSR count). The monoisotopic (exact) mass is 595 g/mol. The maximum atomic E-state index is 13.5. The molecule has 0 saturated carbocycles. The van der Waals surface area contributed by atoms with Crippen LogP contribution in [-0.2, 0) is 21.3 Å². The van der Waals surface area contributed by atoms with Gasteiger partial charge < -0.3 is 5.32 Å². The molecule has 0 aliphatic carbocycles. The summed E-state index contributed by atoms with van der Waals surface area (Å²) in [4.78, 5) is 25.9. The van der Waals surface area contributed by atoms with Crippen LogP contribution >= 0.6 is 23.2 Å². The Labute approximate surface area is 243 Å². The van der Waals surface area contributed by atoms with Crippen molar-refractivity contribution in [2.75, 3.05) is 11.1 Å². The van der Waals surface area contributed by atoms with Crippen molar-refractivity contribution in [2.24, 2.45) is 0 Å². The number of rotatable bonds is 11. The molecule has 6 nitrogen and oxygen atoms in total. The highest BCUT2D eigenvalue weighted by Crippen LogP contribution is 2.31. The first-order valence-corrected chi connectivity index (χ1v) is 14.9. The molecule has 1 atom stereocenters. The largest absolute Gasteiger partial charge is 0.326 e. The van der Waals surface area contributed by atoms with Crippen molar-refractivity contribution in [3.8, 4) is 11.1 Å². The van der Waals surface area contributed by atoms with E-state index in [1.165, 1.54) is 0 Å². The molecular weight excluding hydrogens is 569 g/mol. The predicted molar refractivity (Wildman–Crippen MR) is 160 cm³/mol. The molecule has 4 aromatic rings. The third-order valence-corrected chi connectivity index (χ3v) is 7.79. The van der Waals surface area contributed by atoms with Gasteiger partial charge in [0.15, 0.2) is 5.78 Å². The Balaban J connectivity index is 1.46. The van der Waals surface area contributed by atoms with Gasteiger partial charge in [0.05, 0.1) is 11.7 Å². The van der Waals surface area contributed by atoms with Crippen molar-refractivity contribution in [1.29, 1.82) is 0 Å². The van der Waals surface area contributed by atoms with Crippen LogP contribution in [0.15, 0.2) is 97.1 Å². The van der Waals surface area contributed by atoms with Gasteiger partial charge in [0, 0.05) is 33.3 Å². The van der Waals surface area contributed by atoms with Gasteiger partial charge in [0.2, 0.25) is 5.91 Å². The normalized spacial score (nSPS) is 12.1. The molecule has 40 heavy (non-hydrogen) atoms. The predicted octanol–water partition coefficient (Wildman–Crippen LogP) is 7.48. The zero-order chi connectivity index (χ0) is 28.7. The summed E-state index contributed by atoms with van der Waals surface area (Å²) in [6.45, 7) is 0. The molecule has 0 fully saturated rings. The number of nitrogens with one attached hydrogen (secondary N) is 1. The van der Waals surface area contributed by atoms with Crippen molar-refractivity contribution in [3.05, 3.63) is 124 Å². The molecular formula is C31H27Cl2NO5S. The van der Waals surface area contributed by atoms with E-state index in [1.807, 2.05) is 60.7 Å². The fourth-order valence-corrected chi connectivity index (χ4v) is 5.38. The lowest BCUT2D eigenvalue weighted by molar-refractivity contribution is -0.117. The summed E-state index contributed by atoms with van der Waals surface area (Å²) in [5.74, 6) is -1.32. The van der Waals surface area contributed by atoms with Crippen LogP contribution in [0.2, 0.25) is 10.0 Å². The molecule has 0 aromatic heterocycles. The highest BCUT2D eigenvalue weighted by Gasteiger charge is 2.22. The third-order valence-electron chi connectivity index (χ3n) is 6.43. The smallest absolute Gasteiger partial charge is 0.264 e. The topological polar surface area (TPSA) is 101 Å². The Morgan fingerprint density at radius 3 is 2.15 bits per heavy atom. The van der Waals surface area contributed by atoms with Crippen LogP contribution in [0.5, 0.6) is 0 Å². The highest BCUT2D eigenvalue weighted by molar-refractivity contribution is 7.85. The van der Waals surface area contributed by atoms with E-state index in [1.54, 1.807) is 36.4 Å². The molecule has 206 valence electrons. The Morgan fingerprint density at radius 1 is 0.850 bits per heavy atom. The minimum atomic E-state index is -4.10. The average molecular weight is 597 g/mol. The first-order valence-electron chi connectivity index (χ1n) is 12.6. The molecule has 4 aromatic carbocycles. The number of Topliss-reactive ketones (excluding diaryl/α,β-unsaturated/α-hetero) is 1. The fraction of sp³-hybridized carbons (Fsp3) is 0.161. The summed E-state index contributed by atoms with van der Waals surface area (Å²) in [5, 5.41) is 4.11. The number of hydrogen-bond donors (Lipinski definition) is 2. The first kappa shape index (κ1) is 29.5. The van der Waals surface area contributed by atoms with Gasteiger partial charge in [-0.2, -0.15) is 8.42 Å². The van der Waals surface area contributed by atoms with E-state index >= 15 is 0 Å². The molecule has 2 N–H and O–H groups in total. The number of carbonyl (C=O) groups is 2. The fourth-order valence-electron chi connectivity index (χ4n) is 4.36. The van der Waals surface area contributed by atoms with E-state index in [9.17, 15) is 18.0 Å². The summed E-state index contributed by atoms with van der Waals surface area (Å²) in [7, 11) is -4.10. The number of benzene rings is 4. The van der Waals surface area contributed by atoms with Crippen molar-refractivity contribution in [3.63, 3.8) is 0 Å². The second kappa shape index (κ2) is 13.2. The maximum absolute atomic E-state index is 13.5. The van der Waals surface area contributed by atoms with Gasteiger partial charge in [-0.15, -0.1) is 0 Å². The van der Waals surface area contributed by atoms with Crippen LogP contribution in [0.25, 0.3) is 11.1 Å². The zero-order valence-electron chi connectivity index (χ0n) is 21.4. The van der Waals surface area contributed by atoms with Gasteiger partial charge >= 0.3 is 0 Å². The molecule has 0 radical (unpaired) electrons. The molecule has 9 heteroatoms. The molecule has 1 unspecified atom stereocenters. The Kier molecular flexibility index (Phi) is 9.76. The lowest BCUT2D eigenvalue weighted by Crippen LogP contribution is -2.23. The number of amides is 1. The van der Waals surface area contributed by atoms with E-state index in [-0.39, 0.29) is 24.5 Å². The van der Waals surface area contributed by atoms with Gasteiger partial charge in [-0.05, 0) is 53.8 Å². The second-order valence-corrected chi connectivity index (χ2v) is 11.8. The van der Waals surface area contributed by atoms with Gasteiger partial charge in [0.1, 0.15) is 0 Å². The lowest BCUT2D eigenvalue weighted by Gasteiger charge is -2.18. The van der Waals surface area contributed by atoms with Crippen LogP contribution in [-0.4, -0.2) is 30.4 Å². The quantitative estimate of drug-likeness (QED) is 0.138. The first-order chi connectivity index (χ1) is 19.1. The molecule has 0 heterocycles. The van der Waals surface area contributed by atoms with Crippen molar-refractivity contribution >= 4 is 50.7 Å². The van der Waals surface area contributed by atoms with E-state index in [0.29, 0.717) is 27.7 Å². The van der Waals surface area contributed by atoms with E-state index in [2.05, 4.69) is 5.32 Å². The van der Waals surface area contributed by atoms with Gasteiger partial charge in [0.25, 0.3) is 10.1 Å². The molecule has 0 saturated heterocycles. The van der Waals surface area contributed by atoms with Crippen LogP contribution in [0.4, 0.5) is 5.69 Å². The van der Waals surface area contributed by atoms with Crippen LogP contribution in [0.1, 0.15) is 40.2 Å². The van der Waals surface area contributed by atoms with Crippen LogP contribution in [0, 0.1) is 0 Å². The number of ketones is 1. The summed E-state index contributed by atoms with van der Waals surface area (Å²) < 4.78 is 30.6. The second-order valence-electron chi connectivity index (χ2n) is 9.37. The maximum Gasteiger partial charge on any atom is 0.264 e. The third kappa shape index (κ3) is 8.26. The highest BCUT2D eigenvalue weighted by atomic mass is 35.5. The summed E-state index contributed by atoms with van der Waals surface area (Å²) in [5.41, 5.74) is 4.55. The minimum Gasteiger partial charge on any atom is -0.326 e. The molecule has 0 aliphatic rings. The van der Waals surface area contributed by atoms with Crippen LogP contribution < -0.4 is 5.32 Å². The number of halogens is 2. The van der Waals surface area contributed by atoms with Crippen molar-refractivity contribution in [2.45, 2.75) is 25.2 Å². The molecule has 0 bridgehead atoms. The molecule has 0 spiro atoms. The van der Waals surface area contributed by atoms with E-state index < -0.39 is 21.8 Å². The molecule has 1 amide bonds. The Bertz CT molecular complexity index is 1590. The number of anilines is 1. The number of carbonyl (C=O) groups excluding carboxylic acids is 2. The zero-order valence-corrected chi connectivity index (χ0v) is 23.7. The number of hydrogen-bond acceptors (Lipinski definition) is 4. The van der Waals surface area contributed by atoms with Gasteiger partial charge in [-0.3, -0.25) is 14.1 Å². The van der Waals surface area contributed by atoms with Gasteiger partial charge in [-0.1, -0.05) is 96.0 Å². The van der Waals surface area contributed by atoms with Crippen molar-refractivity contribution < 1.29 is 22.6 Å². The Hall–Kier alpha value is -3.49. The summed E-state index contributed by atoms with van der Waals surface area (Å²) >= 11 is 12.3. The van der Waals surface area contributed by atoms with Gasteiger partial charge in [-0.25, -0.2) is 0 Å². The standard InChI is InChI=1S/C31H27Cl2NO5S/c32-25-14-17-27(29(33)20-25)23-12-15-26(16-13-23)34-31(36)28(22-5-2-1-3-6-22)19-21-8-10-24(11-9-21)30(35)7-4-18-40(37,38)39/h1-3,5-6,8-17,20,28H,4,7,18-19H2,(H,34,36)(H,37,38,39). The average Bonchev–Trinajstić information content (AvgIpc) is 2.92. The van der Waals surface area contributed by atoms with E-state index in [4.69, 9.17) is 27.8 Å². The van der Waals surface area contributed by atoms with Crippen LogP contribution in [0.3, 0.4) is 0 Å². The van der Waals surface area contributed by atoms with E-state index in [0.717, 1.165) is 22.3 Å². The van der Waals surface area contributed by atoms with Crippen molar-refractivity contribution in [1.82, 2.24) is 0 Å². The SMILES string of the molecule is O=C(CCCS(=O)(=O)O)c1ccc(CC(C(=O)Nc2ccc(-c3ccc(Cl)cc3Cl)cc2)c2ccccc2)cc1. The minimum absolute atomic E-state index is 0.0111. The summed E-state index contributed by atoms with van der Waals surface area (Å²) in [6, 6.07) is 29.1.